The summed E-state index contributed by atoms with van der Waals surface area (Å²) in [5.41, 5.74) is 0. The van der Waals surface area contributed by atoms with Crippen molar-refractivity contribution in [2.75, 3.05) is 20.3 Å². The van der Waals surface area contributed by atoms with Crippen LogP contribution in [0.4, 0.5) is 17.6 Å². The Morgan fingerprint density at radius 1 is 0.971 bits per heavy atom. The summed E-state index contributed by atoms with van der Waals surface area (Å²) < 4.78 is 96.2. The molecule has 0 aromatic carbocycles. The molecule has 4 rings (SSSR count). The second-order valence-corrected chi connectivity index (χ2v) is 12.6. The van der Waals surface area contributed by atoms with Gasteiger partial charge < -0.3 is 14.8 Å². The van der Waals surface area contributed by atoms with Crippen molar-refractivity contribution in [3.63, 3.8) is 0 Å². The molecule has 0 aromatic heterocycles. The van der Waals surface area contributed by atoms with Crippen LogP contribution in [0.2, 0.25) is 0 Å². The normalized spacial score (nSPS) is 43.3. The van der Waals surface area contributed by atoms with Gasteiger partial charge >= 0.3 is 0 Å². The van der Waals surface area contributed by atoms with Crippen LogP contribution in [0.15, 0.2) is 0 Å². The van der Waals surface area contributed by atoms with Crippen molar-refractivity contribution in [3.8, 4) is 0 Å². The Bertz CT molecular complexity index is 842. The number of rotatable bonds is 6. The average Bonchev–Trinajstić information content (AvgIpc) is 2.80. The lowest BCUT2D eigenvalue weighted by molar-refractivity contribution is -0.138. The Kier molecular flexibility index (Phi) is 8.65. The summed E-state index contributed by atoms with van der Waals surface area (Å²) in [5.74, 6) is -2.04. The highest BCUT2D eigenvalue weighted by molar-refractivity contribution is 7.89. The molecule has 35 heavy (non-hydrogen) atoms. The first-order valence-electron chi connectivity index (χ1n) is 12.6. The van der Waals surface area contributed by atoms with Gasteiger partial charge in [0.25, 0.3) is 0 Å². The number of hydrogen-bond donors (Lipinski definition) is 1. The third kappa shape index (κ3) is 5.80. The average molecular weight is 529 g/mol. The molecule has 12 heteroatoms. The minimum Gasteiger partial charge on any atom is -0.382 e. The zero-order chi connectivity index (χ0) is 25.3. The lowest BCUT2D eigenvalue weighted by Gasteiger charge is -2.49. The maximum atomic E-state index is 14.3. The van der Waals surface area contributed by atoms with Gasteiger partial charge in [-0.3, -0.25) is 4.79 Å². The first-order valence-corrected chi connectivity index (χ1v) is 14.1. The van der Waals surface area contributed by atoms with Crippen molar-refractivity contribution in [3.05, 3.63) is 0 Å². The van der Waals surface area contributed by atoms with Gasteiger partial charge in [0.05, 0.1) is 30.1 Å². The predicted octanol–water partition coefficient (Wildman–Crippen LogP) is 2.77. The number of carbonyl (C=O) groups is 1. The molecule has 0 aromatic rings. The number of alkyl halides is 4. The van der Waals surface area contributed by atoms with Gasteiger partial charge in [-0.15, -0.1) is 0 Å². The van der Waals surface area contributed by atoms with Crippen molar-refractivity contribution >= 4 is 15.9 Å². The van der Waals surface area contributed by atoms with Crippen LogP contribution in [0, 0.1) is 5.92 Å². The van der Waals surface area contributed by atoms with Crippen LogP contribution in [-0.4, -0.2) is 93.1 Å². The topological polar surface area (TPSA) is 84.9 Å². The first kappa shape index (κ1) is 27.1. The molecule has 0 bridgehead atoms. The number of hydrogen-bond acceptors (Lipinski definition) is 5. The molecule has 1 heterocycles. The zero-order valence-electron chi connectivity index (χ0n) is 20.0. The quantitative estimate of drug-likeness (QED) is 0.536. The molecule has 4 fully saturated rings. The summed E-state index contributed by atoms with van der Waals surface area (Å²) in [4.78, 5) is 12.7. The van der Waals surface area contributed by atoms with Gasteiger partial charge in [0, 0.05) is 19.7 Å². The molecular formula is C23H36F4N2O5S. The minimum atomic E-state index is -3.99. The van der Waals surface area contributed by atoms with E-state index in [1.54, 1.807) is 0 Å². The fourth-order valence-corrected chi connectivity index (χ4v) is 8.35. The number of sulfonamides is 1. The molecule has 1 amide bonds. The van der Waals surface area contributed by atoms with E-state index in [1.807, 2.05) is 0 Å². The zero-order valence-corrected chi connectivity index (χ0v) is 20.8. The van der Waals surface area contributed by atoms with Gasteiger partial charge in [0.2, 0.25) is 15.9 Å². The standard InChI is InChI=1S/C23H36F4N2O5S/c1-33-12-14-11-29(35(31,32)15-6-7-16(24)19(27)10-15)20-9-13(5-8-21(20)34-14)28-23(30)22-17(25)3-2-4-18(22)26/h13-22H,2-12H2,1H3,(H,28,30). The van der Waals surface area contributed by atoms with Gasteiger partial charge in [0.15, 0.2) is 0 Å². The summed E-state index contributed by atoms with van der Waals surface area (Å²) >= 11 is 0. The summed E-state index contributed by atoms with van der Waals surface area (Å²) in [5, 5.41) is 1.71. The molecule has 1 saturated heterocycles. The monoisotopic (exact) mass is 528 g/mol. The summed E-state index contributed by atoms with van der Waals surface area (Å²) in [6.07, 6.45) is -6.24. The van der Waals surface area contributed by atoms with Crippen molar-refractivity contribution in [1.29, 1.82) is 0 Å². The highest BCUT2D eigenvalue weighted by atomic mass is 32.2. The van der Waals surface area contributed by atoms with E-state index < -0.39 is 82.5 Å². The Morgan fingerprint density at radius 3 is 2.34 bits per heavy atom. The lowest BCUT2D eigenvalue weighted by atomic mass is 9.83. The fourth-order valence-electron chi connectivity index (χ4n) is 6.13. The summed E-state index contributed by atoms with van der Waals surface area (Å²) in [7, 11) is -2.51. The number of amides is 1. The van der Waals surface area contributed by atoms with E-state index in [-0.39, 0.29) is 45.3 Å². The van der Waals surface area contributed by atoms with E-state index in [1.165, 1.54) is 11.4 Å². The van der Waals surface area contributed by atoms with Crippen molar-refractivity contribution in [2.24, 2.45) is 5.92 Å². The SMILES string of the molecule is COCC1CN(S(=O)(=O)C2CCC(F)C(F)C2)C2CC(NC(=O)C3C(F)CCCC3F)CCC2O1. The van der Waals surface area contributed by atoms with E-state index in [9.17, 15) is 30.8 Å². The Morgan fingerprint density at radius 2 is 1.69 bits per heavy atom. The predicted molar refractivity (Wildman–Crippen MR) is 120 cm³/mol. The van der Waals surface area contributed by atoms with Gasteiger partial charge in [-0.25, -0.2) is 26.0 Å². The third-order valence-corrected chi connectivity index (χ3v) is 10.4. The second-order valence-electron chi connectivity index (χ2n) is 10.4. The summed E-state index contributed by atoms with van der Waals surface area (Å²) in [6, 6.07) is -1.09. The van der Waals surface area contributed by atoms with Crippen LogP contribution in [0.1, 0.15) is 57.8 Å². The highest BCUT2D eigenvalue weighted by Gasteiger charge is 2.50. The molecule has 202 valence electrons. The maximum absolute atomic E-state index is 14.3. The summed E-state index contributed by atoms with van der Waals surface area (Å²) in [6.45, 7) is 0.183. The lowest BCUT2D eigenvalue weighted by Crippen LogP contribution is -2.63. The third-order valence-electron chi connectivity index (χ3n) is 8.01. The van der Waals surface area contributed by atoms with Gasteiger partial charge in [0.1, 0.15) is 30.6 Å². The number of morpholine rings is 1. The van der Waals surface area contributed by atoms with Crippen LogP contribution >= 0.6 is 0 Å². The number of fused-ring (bicyclic) bond motifs is 1. The van der Waals surface area contributed by atoms with E-state index in [4.69, 9.17) is 9.47 Å². The maximum Gasteiger partial charge on any atom is 0.229 e. The number of carbonyl (C=O) groups excluding carboxylic acids is 1. The molecule has 4 aliphatic rings. The van der Waals surface area contributed by atoms with E-state index in [0.717, 1.165) is 0 Å². The van der Waals surface area contributed by atoms with Crippen LogP contribution in [0.3, 0.4) is 0 Å². The minimum absolute atomic E-state index is 0.00620. The smallest absolute Gasteiger partial charge is 0.229 e. The van der Waals surface area contributed by atoms with Gasteiger partial charge in [-0.2, -0.15) is 4.31 Å². The molecule has 0 radical (unpaired) electrons. The Hall–Kier alpha value is -0.980. The fraction of sp³-hybridized carbons (Fsp3) is 0.957. The van der Waals surface area contributed by atoms with Crippen LogP contribution in [0.25, 0.3) is 0 Å². The van der Waals surface area contributed by atoms with Gasteiger partial charge in [-0.05, 0) is 57.8 Å². The molecule has 0 spiro atoms. The number of ether oxygens (including phenoxy) is 2. The number of methoxy groups -OCH3 is 1. The second kappa shape index (κ2) is 11.2. The van der Waals surface area contributed by atoms with E-state index in [0.29, 0.717) is 19.3 Å². The molecule has 3 saturated carbocycles. The molecular weight excluding hydrogens is 492 g/mol. The van der Waals surface area contributed by atoms with Crippen molar-refractivity contribution < 1.29 is 40.2 Å². The largest absolute Gasteiger partial charge is 0.382 e. The van der Waals surface area contributed by atoms with Crippen molar-refractivity contribution in [1.82, 2.24) is 9.62 Å². The molecule has 7 nitrogen and oxygen atoms in total. The highest BCUT2D eigenvalue weighted by Crippen LogP contribution is 2.38. The van der Waals surface area contributed by atoms with Crippen LogP contribution in [-0.2, 0) is 24.3 Å². The molecule has 9 atom stereocenters. The van der Waals surface area contributed by atoms with E-state index >= 15 is 0 Å². The first-order chi connectivity index (χ1) is 16.6. The Labute approximate surface area is 204 Å². The van der Waals surface area contributed by atoms with Crippen LogP contribution < -0.4 is 5.32 Å². The van der Waals surface area contributed by atoms with Crippen molar-refractivity contribution in [2.45, 2.75) is 112 Å². The van der Waals surface area contributed by atoms with Crippen LogP contribution in [0.5, 0.6) is 0 Å². The number of halogens is 4. The molecule has 1 N–H and O–H groups in total. The van der Waals surface area contributed by atoms with Gasteiger partial charge in [-0.1, -0.05) is 0 Å². The number of nitrogens with zero attached hydrogens (tertiary/aromatic N) is 1. The van der Waals surface area contributed by atoms with E-state index in [2.05, 4.69) is 5.32 Å². The molecule has 1 aliphatic heterocycles. The Balaban J connectivity index is 1.49. The molecule has 9 unspecified atom stereocenters. The number of nitrogens with one attached hydrogen (secondary N) is 1. The molecule has 3 aliphatic carbocycles.